The average Bonchev–Trinajstić information content (AvgIpc) is 2.64. The van der Waals surface area contributed by atoms with Crippen LogP contribution in [0.2, 0.25) is 0 Å². The van der Waals surface area contributed by atoms with Crippen LogP contribution in [-0.2, 0) is 4.79 Å². The highest BCUT2D eigenvalue weighted by atomic mass is 16.5. The standard InChI is InChI=1S/C19H22N2O4/c1-14-7-3-4-8-15(14)19(23)21-13-18(22)20-11-12-25-17-10-6-5-9-16(17)24-2/h3-10H,11-13H2,1-2H3,(H,20,22)(H,21,23). The van der Waals surface area contributed by atoms with Gasteiger partial charge in [-0.15, -0.1) is 0 Å². The van der Waals surface area contributed by atoms with Gasteiger partial charge in [-0.3, -0.25) is 9.59 Å². The van der Waals surface area contributed by atoms with Crippen LogP contribution in [0.1, 0.15) is 15.9 Å². The van der Waals surface area contributed by atoms with Gasteiger partial charge in [0.05, 0.1) is 20.2 Å². The zero-order valence-corrected chi connectivity index (χ0v) is 14.4. The number of methoxy groups -OCH3 is 1. The van der Waals surface area contributed by atoms with Gasteiger partial charge in [0.1, 0.15) is 6.61 Å². The number of rotatable bonds is 8. The first-order valence-corrected chi connectivity index (χ1v) is 7.98. The summed E-state index contributed by atoms with van der Waals surface area (Å²) in [5, 5.41) is 5.30. The van der Waals surface area contributed by atoms with Crippen LogP contribution >= 0.6 is 0 Å². The van der Waals surface area contributed by atoms with Gasteiger partial charge in [-0.05, 0) is 30.7 Å². The summed E-state index contributed by atoms with van der Waals surface area (Å²) in [6, 6.07) is 14.5. The second-order valence-electron chi connectivity index (χ2n) is 5.35. The van der Waals surface area contributed by atoms with E-state index in [1.807, 2.05) is 31.2 Å². The Morgan fingerprint density at radius 3 is 2.36 bits per heavy atom. The van der Waals surface area contributed by atoms with Gasteiger partial charge in [0, 0.05) is 5.56 Å². The van der Waals surface area contributed by atoms with Crippen molar-refractivity contribution in [2.45, 2.75) is 6.92 Å². The second-order valence-corrected chi connectivity index (χ2v) is 5.35. The fourth-order valence-corrected chi connectivity index (χ4v) is 2.24. The Labute approximate surface area is 147 Å². The van der Waals surface area contributed by atoms with Crippen LogP contribution in [-0.4, -0.2) is 38.6 Å². The number of carbonyl (C=O) groups excluding carboxylic acids is 2. The molecule has 6 nitrogen and oxygen atoms in total. The van der Waals surface area contributed by atoms with E-state index in [2.05, 4.69) is 10.6 Å². The smallest absolute Gasteiger partial charge is 0.251 e. The number of nitrogens with one attached hydrogen (secondary N) is 2. The predicted molar refractivity (Wildman–Crippen MR) is 95.0 cm³/mol. The maximum Gasteiger partial charge on any atom is 0.251 e. The summed E-state index contributed by atoms with van der Waals surface area (Å²) in [6.45, 7) is 2.40. The highest BCUT2D eigenvalue weighted by Crippen LogP contribution is 2.25. The molecule has 0 aliphatic carbocycles. The monoisotopic (exact) mass is 342 g/mol. The summed E-state index contributed by atoms with van der Waals surface area (Å²) in [6.07, 6.45) is 0. The van der Waals surface area contributed by atoms with Gasteiger partial charge in [-0.2, -0.15) is 0 Å². The van der Waals surface area contributed by atoms with Crippen molar-refractivity contribution in [3.05, 3.63) is 59.7 Å². The minimum absolute atomic E-state index is 0.0815. The molecule has 0 bridgehead atoms. The summed E-state index contributed by atoms with van der Waals surface area (Å²) in [4.78, 5) is 23.8. The second kappa shape index (κ2) is 9.32. The van der Waals surface area contributed by atoms with E-state index in [1.54, 1.807) is 31.4 Å². The van der Waals surface area contributed by atoms with Crippen LogP contribution in [0, 0.1) is 6.92 Å². The van der Waals surface area contributed by atoms with Crippen LogP contribution in [0.5, 0.6) is 11.5 Å². The van der Waals surface area contributed by atoms with Crippen LogP contribution in [0.4, 0.5) is 0 Å². The topological polar surface area (TPSA) is 76.7 Å². The summed E-state index contributed by atoms with van der Waals surface area (Å²) in [5.74, 6) is 0.718. The number of para-hydroxylation sites is 2. The average molecular weight is 342 g/mol. The van der Waals surface area contributed by atoms with Gasteiger partial charge in [-0.1, -0.05) is 30.3 Å². The Bertz CT molecular complexity index is 731. The number of hydrogen-bond donors (Lipinski definition) is 2. The molecule has 2 rings (SSSR count). The molecule has 2 aromatic carbocycles. The minimum Gasteiger partial charge on any atom is -0.493 e. The highest BCUT2D eigenvalue weighted by molar-refractivity contribution is 5.97. The first-order valence-electron chi connectivity index (χ1n) is 7.98. The van der Waals surface area contributed by atoms with Crippen molar-refractivity contribution in [2.75, 3.05) is 26.8 Å². The van der Waals surface area contributed by atoms with Gasteiger partial charge < -0.3 is 20.1 Å². The Morgan fingerprint density at radius 2 is 1.64 bits per heavy atom. The number of aryl methyl sites for hydroxylation is 1. The van der Waals surface area contributed by atoms with Gasteiger partial charge in [-0.25, -0.2) is 0 Å². The van der Waals surface area contributed by atoms with Crippen LogP contribution < -0.4 is 20.1 Å². The van der Waals surface area contributed by atoms with Crippen LogP contribution in [0.15, 0.2) is 48.5 Å². The molecule has 2 N–H and O–H groups in total. The van der Waals surface area contributed by atoms with Crippen molar-refractivity contribution >= 4 is 11.8 Å². The van der Waals surface area contributed by atoms with Crippen molar-refractivity contribution in [3.8, 4) is 11.5 Å². The lowest BCUT2D eigenvalue weighted by molar-refractivity contribution is -0.120. The molecule has 6 heteroatoms. The molecule has 0 aromatic heterocycles. The molecule has 0 aliphatic heterocycles. The molecule has 0 saturated carbocycles. The zero-order valence-electron chi connectivity index (χ0n) is 14.4. The van der Waals surface area contributed by atoms with E-state index in [-0.39, 0.29) is 18.4 Å². The van der Waals surface area contributed by atoms with Gasteiger partial charge in [0.15, 0.2) is 11.5 Å². The van der Waals surface area contributed by atoms with Crippen molar-refractivity contribution in [1.29, 1.82) is 0 Å². The lowest BCUT2D eigenvalue weighted by atomic mass is 10.1. The molecule has 0 aliphatic rings. The van der Waals surface area contributed by atoms with E-state index in [1.165, 1.54) is 0 Å². The number of hydrogen-bond acceptors (Lipinski definition) is 4. The Balaban J connectivity index is 1.69. The van der Waals surface area contributed by atoms with E-state index < -0.39 is 0 Å². The quantitative estimate of drug-likeness (QED) is 0.719. The van der Waals surface area contributed by atoms with E-state index in [4.69, 9.17) is 9.47 Å². The largest absolute Gasteiger partial charge is 0.493 e. The van der Waals surface area contributed by atoms with Crippen LogP contribution in [0.3, 0.4) is 0 Å². The number of amides is 2. The lowest BCUT2D eigenvalue weighted by Crippen LogP contribution is -2.38. The SMILES string of the molecule is COc1ccccc1OCCNC(=O)CNC(=O)c1ccccc1C. The molecule has 0 saturated heterocycles. The van der Waals surface area contributed by atoms with E-state index in [0.29, 0.717) is 30.2 Å². The molecule has 132 valence electrons. The highest BCUT2D eigenvalue weighted by Gasteiger charge is 2.09. The molecular weight excluding hydrogens is 320 g/mol. The van der Waals surface area contributed by atoms with Crippen molar-refractivity contribution < 1.29 is 19.1 Å². The van der Waals surface area contributed by atoms with Crippen LogP contribution in [0.25, 0.3) is 0 Å². The van der Waals surface area contributed by atoms with Crippen molar-refractivity contribution in [3.63, 3.8) is 0 Å². The van der Waals surface area contributed by atoms with E-state index in [9.17, 15) is 9.59 Å². The number of carbonyl (C=O) groups is 2. The van der Waals surface area contributed by atoms with Gasteiger partial charge in [0.25, 0.3) is 5.91 Å². The normalized spacial score (nSPS) is 10.0. The Morgan fingerprint density at radius 1 is 0.960 bits per heavy atom. The molecule has 0 spiro atoms. The molecule has 2 aromatic rings. The van der Waals surface area contributed by atoms with E-state index >= 15 is 0 Å². The first-order chi connectivity index (χ1) is 12.1. The summed E-state index contributed by atoms with van der Waals surface area (Å²) >= 11 is 0. The van der Waals surface area contributed by atoms with Crippen molar-refractivity contribution in [2.24, 2.45) is 0 Å². The minimum atomic E-state index is -0.273. The van der Waals surface area contributed by atoms with E-state index in [0.717, 1.165) is 5.56 Å². The Kier molecular flexibility index (Phi) is 6.83. The third-order valence-corrected chi connectivity index (χ3v) is 3.55. The lowest BCUT2D eigenvalue weighted by Gasteiger charge is -2.11. The summed E-state index contributed by atoms with van der Waals surface area (Å²) in [5.41, 5.74) is 1.43. The fourth-order valence-electron chi connectivity index (χ4n) is 2.24. The molecule has 0 atom stereocenters. The van der Waals surface area contributed by atoms with Gasteiger partial charge in [0.2, 0.25) is 5.91 Å². The Hall–Kier alpha value is -3.02. The first kappa shape index (κ1) is 18.3. The predicted octanol–water partition coefficient (Wildman–Crippen LogP) is 1.93. The molecule has 0 fully saturated rings. The third kappa shape index (κ3) is 5.53. The molecule has 2 amide bonds. The fraction of sp³-hybridized carbons (Fsp3) is 0.263. The molecule has 0 unspecified atom stereocenters. The number of ether oxygens (including phenoxy) is 2. The number of benzene rings is 2. The molecule has 0 heterocycles. The summed E-state index contributed by atoms with van der Waals surface area (Å²) in [7, 11) is 1.57. The third-order valence-electron chi connectivity index (χ3n) is 3.55. The molecule has 25 heavy (non-hydrogen) atoms. The maximum absolute atomic E-state index is 12.0. The molecule has 0 radical (unpaired) electrons. The van der Waals surface area contributed by atoms with Crippen molar-refractivity contribution in [1.82, 2.24) is 10.6 Å². The zero-order chi connectivity index (χ0) is 18.1. The summed E-state index contributed by atoms with van der Waals surface area (Å²) < 4.78 is 10.7. The maximum atomic E-state index is 12.0. The molecular formula is C19H22N2O4. The van der Waals surface area contributed by atoms with Gasteiger partial charge >= 0.3 is 0 Å².